The molecule has 134 valence electrons. The molecule has 0 bridgehead atoms. The number of hydrogen-bond acceptors (Lipinski definition) is 3. The van der Waals surface area contributed by atoms with Crippen molar-refractivity contribution in [3.05, 3.63) is 59.7 Å². The monoisotopic (exact) mass is 350 g/mol. The van der Waals surface area contributed by atoms with Crippen LogP contribution in [0, 0.1) is 12.8 Å². The Labute approximate surface area is 152 Å². The number of fused-ring (bicyclic) bond motifs is 1. The molecule has 0 saturated carbocycles. The Morgan fingerprint density at radius 1 is 1.15 bits per heavy atom. The lowest BCUT2D eigenvalue weighted by molar-refractivity contribution is -0.117. The van der Waals surface area contributed by atoms with E-state index in [2.05, 4.69) is 20.9 Å². The van der Waals surface area contributed by atoms with Crippen molar-refractivity contribution in [1.29, 1.82) is 0 Å². The molecule has 0 spiro atoms. The predicted molar refractivity (Wildman–Crippen MR) is 104 cm³/mol. The molecule has 1 atom stereocenters. The Kier molecular flexibility index (Phi) is 5.02. The number of nitrogens with one attached hydrogen (secondary N) is 3. The molecule has 2 aromatic carbocycles. The van der Waals surface area contributed by atoms with Crippen molar-refractivity contribution in [2.45, 2.75) is 26.9 Å². The molecule has 0 aliphatic carbocycles. The smallest absolute Gasteiger partial charge is 0.321 e. The summed E-state index contributed by atoms with van der Waals surface area (Å²) in [7, 11) is 0. The van der Waals surface area contributed by atoms with E-state index < -0.39 is 12.2 Å². The lowest BCUT2D eigenvalue weighted by Gasteiger charge is -2.15. The van der Waals surface area contributed by atoms with E-state index in [-0.39, 0.29) is 11.8 Å². The van der Waals surface area contributed by atoms with Gasteiger partial charge in [0.1, 0.15) is 0 Å². The van der Waals surface area contributed by atoms with E-state index >= 15 is 0 Å². The van der Waals surface area contributed by atoms with E-state index in [0.717, 1.165) is 16.8 Å². The highest BCUT2D eigenvalue weighted by Gasteiger charge is 2.27. The number of amides is 3. The highest BCUT2D eigenvalue weighted by molar-refractivity contribution is 6.13. The molecule has 3 rings (SSSR count). The van der Waals surface area contributed by atoms with Gasteiger partial charge in [-0.15, -0.1) is 0 Å². The zero-order valence-electron chi connectivity index (χ0n) is 15.0. The summed E-state index contributed by atoms with van der Waals surface area (Å²) >= 11 is 0. The first-order valence-electron chi connectivity index (χ1n) is 8.56. The average Bonchev–Trinajstić information content (AvgIpc) is 2.72. The number of aliphatic imine (C=N–C) groups is 1. The molecule has 6 heteroatoms. The number of hydrogen-bond donors (Lipinski definition) is 3. The average molecular weight is 350 g/mol. The number of benzodiazepines with no additional fused rings is 1. The van der Waals surface area contributed by atoms with Crippen molar-refractivity contribution in [2.75, 3.05) is 10.6 Å². The standard InChI is InChI=1S/C20H22N4O2/c1-12(2)17-15-9-4-5-10-16(15)22-19(25)18(23-17)24-20(26)21-14-8-6-7-13(3)11-14/h4-12,18H,1-3H3,(H,22,25)(H2,21,24,26)/t18-/m0/s1. The molecule has 1 heterocycles. The lowest BCUT2D eigenvalue weighted by Crippen LogP contribution is -2.44. The first-order chi connectivity index (χ1) is 12.4. The molecule has 0 fully saturated rings. The second-order valence-corrected chi connectivity index (χ2v) is 6.57. The zero-order valence-corrected chi connectivity index (χ0v) is 15.0. The predicted octanol–water partition coefficient (Wildman–Crippen LogP) is 3.54. The van der Waals surface area contributed by atoms with Gasteiger partial charge in [-0.2, -0.15) is 0 Å². The number of carbonyl (C=O) groups excluding carboxylic acids is 2. The van der Waals surface area contributed by atoms with Gasteiger partial charge < -0.3 is 16.0 Å². The fraction of sp³-hybridized carbons (Fsp3) is 0.250. The maximum absolute atomic E-state index is 12.5. The second-order valence-electron chi connectivity index (χ2n) is 6.57. The summed E-state index contributed by atoms with van der Waals surface area (Å²) in [5, 5.41) is 8.22. The van der Waals surface area contributed by atoms with Crippen molar-refractivity contribution in [3.63, 3.8) is 0 Å². The van der Waals surface area contributed by atoms with E-state index in [1.807, 2.05) is 63.2 Å². The van der Waals surface area contributed by atoms with Crippen molar-refractivity contribution >= 4 is 29.0 Å². The topological polar surface area (TPSA) is 82.6 Å². The third-order valence-corrected chi connectivity index (χ3v) is 4.07. The summed E-state index contributed by atoms with van der Waals surface area (Å²) < 4.78 is 0. The van der Waals surface area contributed by atoms with Crippen LogP contribution in [-0.2, 0) is 4.79 Å². The van der Waals surface area contributed by atoms with Gasteiger partial charge >= 0.3 is 6.03 Å². The zero-order chi connectivity index (χ0) is 18.7. The van der Waals surface area contributed by atoms with E-state index in [0.29, 0.717) is 11.4 Å². The minimum absolute atomic E-state index is 0.105. The third-order valence-electron chi connectivity index (χ3n) is 4.07. The van der Waals surface area contributed by atoms with Crippen molar-refractivity contribution in [1.82, 2.24) is 5.32 Å². The van der Waals surface area contributed by atoms with Crippen LogP contribution in [0.3, 0.4) is 0 Å². The number of nitrogens with zero attached hydrogens (tertiary/aromatic N) is 1. The van der Waals surface area contributed by atoms with E-state index in [1.165, 1.54) is 0 Å². The molecule has 0 saturated heterocycles. The lowest BCUT2D eigenvalue weighted by atomic mass is 9.98. The van der Waals surface area contributed by atoms with E-state index in [1.54, 1.807) is 6.07 Å². The Morgan fingerprint density at radius 2 is 1.92 bits per heavy atom. The van der Waals surface area contributed by atoms with Gasteiger partial charge in [0.25, 0.3) is 5.91 Å². The molecule has 0 aromatic heterocycles. The summed E-state index contributed by atoms with van der Waals surface area (Å²) in [5.41, 5.74) is 4.05. The molecule has 6 nitrogen and oxygen atoms in total. The summed E-state index contributed by atoms with van der Waals surface area (Å²) in [6, 6.07) is 14.5. The number of urea groups is 1. The number of carbonyl (C=O) groups is 2. The summed E-state index contributed by atoms with van der Waals surface area (Å²) in [6.07, 6.45) is -0.996. The van der Waals surface area contributed by atoms with Crippen LogP contribution in [0.4, 0.5) is 16.2 Å². The van der Waals surface area contributed by atoms with E-state index in [4.69, 9.17) is 0 Å². The Balaban J connectivity index is 1.82. The van der Waals surface area contributed by atoms with Crippen molar-refractivity contribution < 1.29 is 9.59 Å². The molecule has 1 aliphatic rings. The van der Waals surface area contributed by atoms with Crippen LogP contribution < -0.4 is 16.0 Å². The maximum Gasteiger partial charge on any atom is 0.321 e. The van der Waals surface area contributed by atoms with Gasteiger partial charge in [-0.3, -0.25) is 9.79 Å². The van der Waals surface area contributed by atoms with Crippen LogP contribution in [0.2, 0.25) is 0 Å². The molecule has 1 aliphatic heterocycles. The molecule has 3 amide bonds. The number of rotatable bonds is 3. The fourth-order valence-corrected chi connectivity index (χ4v) is 2.86. The summed E-state index contributed by atoms with van der Waals surface area (Å²) in [4.78, 5) is 29.4. The number of aryl methyl sites for hydroxylation is 1. The van der Waals surface area contributed by atoms with Crippen LogP contribution in [0.5, 0.6) is 0 Å². The molecular weight excluding hydrogens is 328 g/mol. The first-order valence-corrected chi connectivity index (χ1v) is 8.56. The van der Waals surface area contributed by atoms with E-state index in [9.17, 15) is 9.59 Å². The molecule has 0 unspecified atom stereocenters. The van der Waals surface area contributed by atoms with Gasteiger partial charge in [-0.25, -0.2) is 4.79 Å². The third kappa shape index (κ3) is 3.91. The first kappa shape index (κ1) is 17.7. The maximum atomic E-state index is 12.5. The number of benzene rings is 2. The molecule has 3 N–H and O–H groups in total. The van der Waals surface area contributed by atoms with Gasteiger partial charge in [0.05, 0.1) is 0 Å². The molecule has 2 aromatic rings. The number of anilines is 2. The quantitative estimate of drug-likeness (QED) is 0.791. The summed E-state index contributed by atoms with van der Waals surface area (Å²) in [5.74, 6) is -0.263. The highest BCUT2D eigenvalue weighted by atomic mass is 16.2. The SMILES string of the molecule is Cc1cccc(NC(=O)N[C@@H]2N=C(C(C)C)c3ccccc3NC2=O)c1. The van der Waals surface area contributed by atoms with Crippen molar-refractivity contribution in [2.24, 2.45) is 10.9 Å². The number of para-hydroxylation sites is 1. The van der Waals surface area contributed by atoms with Gasteiger partial charge in [0, 0.05) is 22.6 Å². The largest absolute Gasteiger partial charge is 0.322 e. The van der Waals surface area contributed by atoms with Crippen LogP contribution in [0.15, 0.2) is 53.5 Å². The normalized spacial score (nSPS) is 16.2. The Hall–Kier alpha value is -3.15. The second kappa shape index (κ2) is 7.39. The molecule has 0 radical (unpaired) electrons. The fourth-order valence-electron chi connectivity index (χ4n) is 2.86. The Bertz CT molecular complexity index is 874. The minimum Gasteiger partial charge on any atom is -0.322 e. The Morgan fingerprint density at radius 3 is 2.65 bits per heavy atom. The van der Waals surface area contributed by atoms with Gasteiger partial charge in [0.15, 0.2) is 0 Å². The minimum atomic E-state index is -0.996. The highest BCUT2D eigenvalue weighted by Crippen LogP contribution is 2.23. The molecule has 26 heavy (non-hydrogen) atoms. The van der Waals surface area contributed by atoms with Crippen LogP contribution in [0.25, 0.3) is 0 Å². The van der Waals surface area contributed by atoms with Gasteiger partial charge in [-0.05, 0) is 36.6 Å². The molecular formula is C20H22N4O2. The van der Waals surface area contributed by atoms with Crippen molar-refractivity contribution in [3.8, 4) is 0 Å². The van der Waals surface area contributed by atoms with Crippen LogP contribution >= 0.6 is 0 Å². The summed E-state index contributed by atoms with van der Waals surface area (Å²) in [6.45, 7) is 5.96. The van der Waals surface area contributed by atoms with Crippen LogP contribution in [-0.4, -0.2) is 23.8 Å². The van der Waals surface area contributed by atoms with Gasteiger partial charge in [0.2, 0.25) is 6.17 Å². The van der Waals surface area contributed by atoms with Crippen LogP contribution in [0.1, 0.15) is 25.0 Å². The van der Waals surface area contributed by atoms with Gasteiger partial charge in [-0.1, -0.05) is 44.2 Å².